The number of hydrogen-bond donors (Lipinski definition) is 0. The summed E-state index contributed by atoms with van der Waals surface area (Å²) in [6, 6.07) is 16.5. The summed E-state index contributed by atoms with van der Waals surface area (Å²) in [7, 11) is 0. The molecule has 22 heavy (non-hydrogen) atoms. The fraction of sp³-hybridized carbons (Fsp3) is 0.111. The number of rotatable bonds is 2. The second-order valence-electron chi connectivity index (χ2n) is 5.34. The van der Waals surface area contributed by atoms with E-state index in [0.717, 1.165) is 29.4 Å². The third-order valence-corrected chi connectivity index (χ3v) is 3.94. The molecule has 3 aromatic rings. The highest BCUT2D eigenvalue weighted by Crippen LogP contribution is 2.42. The molecule has 4 nitrogen and oxygen atoms in total. The van der Waals surface area contributed by atoms with Crippen LogP contribution >= 0.6 is 0 Å². The van der Waals surface area contributed by atoms with Crippen LogP contribution in [-0.4, -0.2) is 16.6 Å². The second kappa shape index (κ2) is 5.15. The molecule has 2 aromatic heterocycles. The number of hydrogen-bond acceptors (Lipinski definition) is 4. The Bertz CT molecular complexity index is 801. The van der Waals surface area contributed by atoms with E-state index >= 15 is 0 Å². The average Bonchev–Trinajstić information content (AvgIpc) is 2.96. The van der Waals surface area contributed by atoms with E-state index < -0.39 is 0 Å². The molecule has 4 rings (SSSR count). The molecule has 0 radical (unpaired) electrons. The minimum absolute atomic E-state index is 0.751. The van der Waals surface area contributed by atoms with Gasteiger partial charge in [-0.1, -0.05) is 18.2 Å². The zero-order chi connectivity index (χ0) is 14.9. The van der Waals surface area contributed by atoms with Gasteiger partial charge in [0.15, 0.2) is 5.82 Å². The van der Waals surface area contributed by atoms with Crippen LogP contribution in [0.1, 0.15) is 5.56 Å². The molecule has 0 unspecified atom stereocenters. The Balaban J connectivity index is 1.83. The Kier molecular flexibility index (Phi) is 3.00. The predicted molar refractivity (Wildman–Crippen MR) is 88.8 cm³/mol. The average molecular weight is 288 g/mol. The van der Waals surface area contributed by atoms with Crippen molar-refractivity contribution in [2.45, 2.75) is 6.92 Å². The van der Waals surface area contributed by atoms with Crippen molar-refractivity contribution in [3.05, 3.63) is 72.7 Å². The molecule has 0 aliphatic carbocycles. The highest BCUT2D eigenvalue weighted by Gasteiger charge is 2.29. The first-order valence-electron chi connectivity index (χ1n) is 7.30. The van der Waals surface area contributed by atoms with Crippen molar-refractivity contribution in [2.24, 2.45) is 0 Å². The molecule has 0 bridgehead atoms. The monoisotopic (exact) mass is 288 g/mol. The van der Waals surface area contributed by atoms with E-state index in [1.165, 1.54) is 5.69 Å². The van der Waals surface area contributed by atoms with Gasteiger partial charge in [0.05, 0.1) is 5.69 Å². The molecule has 0 fully saturated rings. The Labute approximate surface area is 129 Å². The van der Waals surface area contributed by atoms with Crippen molar-refractivity contribution in [2.75, 3.05) is 16.5 Å². The van der Waals surface area contributed by atoms with Gasteiger partial charge >= 0.3 is 0 Å². The Morgan fingerprint density at radius 1 is 0.864 bits per heavy atom. The van der Waals surface area contributed by atoms with Gasteiger partial charge in [-0.25, -0.2) is 4.98 Å². The molecule has 1 aliphatic rings. The van der Waals surface area contributed by atoms with E-state index in [0.29, 0.717) is 0 Å². The van der Waals surface area contributed by atoms with Crippen molar-refractivity contribution in [3.63, 3.8) is 0 Å². The number of aromatic nitrogens is 2. The first kappa shape index (κ1) is 12.8. The Morgan fingerprint density at radius 3 is 2.55 bits per heavy atom. The Morgan fingerprint density at radius 2 is 1.73 bits per heavy atom. The summed E-state index contributed by atoms with van der Waals surface area (Å²) in [5.74, 6) is 0.991. The highest BCUT2D eigenvalue weighted by atomic mass is 15.4. The summed E-state index contributed by atoms with van der Waals surface area (Å²) >= 11 is 0. The lowest BCUT2D eigenvalue weighted by Crippen LogP contribution is -2.24. The van der Waals surface area contributed by atoms with Crippen molar-refractivity contribution in [1.29, 1.82) is 0 Å². The smallest absolute Gasteiger partial charge is 0.158 e. The molecule has 0 atom stereocenters. The summed E-state index contributed by atoms with van der Waals surface area (Å²) in [5, 5.41) is 0. The van der Waals surface area contributed by atoms with Crippen LogP contribution in [0.4, 0.5) is 22.9 Å². The van der Waals surface area contributed by atoms with Gasteiger partial charge in [-0.05, 0) is 42.8 Å². The molecule has 1 aliphatic heterocycles. The van der Waals surface area contributed by atoms with Gasteiger partial charge in [-0.2, -0.15) is 0 Å². The van der Waals surface area contributed by atoms with Gasteiger partial charge in [-0.3, -0.25) is 4.98 Å². The van der Waals surface area contributed by atoms with Crippen molar-refractivity contribution in [1.82, 2.24) is 9.97 Å². The van der Waals surface area contributed by atoms with E-state index in [4.69, 9.17) is 0 Å². The molecule has 0 saturated heterocycles. The van der Waals surface area contributed by atoms with Crippen molar-refractivity contribution >= 4 is 22.9 Å². The van der Waals surface area contributed by atoms with E-state index in [-0.39, 0.29) is 0 Å². The number of para-hydroxylation sites is 1. The summed E-state index contributed by atoms with van der Waals surface area (Å²) in [4.78, 5) is 13.3. The number of benzene rings is 1. The van der Waals surface area contributed by atoms with E-state index in [2.05, 4.69) is 63.1 Å². The standard InChI is InChI=1S/C18H16N4/c1-14-12-19-11-9-16(14)22-13-21(15-6-3-2-4-7-15)18-17(22)8-5-10-20-18/h2-12H,13H2,1H3. The minimum Gasteiger partial charge on any atom is -0.319 e. The molecular formula is C18H16N4. The van der Waals surface area contributed by atoms with Gasteiger partial charge < -0.3 is 9.80 Å². The number of fused-ring (bicyclic) bond motifs is 1. The molecule has 0 N–H and O–H groups in total. The molecule has 1 aromatic carbocycles. The summed E-state index contributed by atoms with van der Waals surface area (Å²) in [6.45, 7) is 2.84. The third-order valence-electron chi connectivity index (χ3n) is 3.94. The fourth-order valence-electron chi connectivity index (χ4n) is 2.88. The quantitative estimate of drug-likeness (QED) is 0.712. The van der Waals surface area contributed by atoms with Crippen LogP contribution in [0.2, 0.25) is 0 Å². The maximum atomic E-state index is 4.59. The zero-order valence-corrected chi connectivity index (χ0v) is 12.3. The lowest BCUT2D eigenvalue weighted by Gasteiger charge is -2.22. The maximum Gasteiger partial charge on any atom is 0.158 e. The normalized spacial score (nSPS) is 13.3. The Hall–Kier alpha value is -2.88. The lowest BCUT2D eigenvalue weighted by molar-refractivity contribution is 0.974. The van der Waals surface area contributed by atoms with Crippen molar-refractivity contribution in [3.8, 4) is 0 Å². The van der Waals surface area contributed by atoms with Crippen LogP contribution in [0.25, 0.3) is 0 Å². The van der Waals surface area contributed by atoms with Crippen LogP contribution in [0.15, 0.2) is 67.1 Å². The van der Waals surface area contributed by atoms with Gasteiger partial charge in [0.2, 0.25) is 0 Å². The number of nitrogens with zero attached hydrogens (tertiary/aromatic N) is 4. The summed E-state index contributed by atoms with van der Waals surface area (Å²) in [5.41, 5.74) is 4.60. The summed E-state index contributed by atoms with van der Waals surface area (Å²) in [6.07, 6.45) is 5.58. The molecule has 0 amide bonds. The van der Waals surface area contributed by atoms with E-state index in [1.54, 1.807) is 0 Å². The molecule has 0 spiro atoms. The molecule has 108 valence electrons. The molecule has 0 saturated carbocycles. The van der Waals surface area contributed by atoms with Crippen molar-refractivity contribution < 1.29 is 0 Å². The lowest BCUT2D eigenvalue weighted by atomic mass is 10.2. The summed E-state index contributed by atoms with van der Waals surface area (Å²) < 4.78 is 0. The van der Waals surface area contributed by atoms with E-state index in [1.807, 2.05) is 30.7 Å². The third kappa shape index (κ3) is 2.00. The first-order chi connectivity index (χ1) is 10.8. The highest BCUT2D eigenvalue weighted by molar-refractivity contribution is 5.84. The van der Waals surface area contributed by atoms with Crippen LogP contribution in [0.5, 0.6) is 0 Å². The minimum atomic E-state index is 0.751. The van der Waals surface area contributed by atoms with Crippen LogP contribution in [-0.2, 0) is 0 Å². The van der Waals surface area contributed by atoms with Gasteiger partial charge in [0.25, 0.3) is 0 Å². The van der Waals surface area contributed by atoms with Gasteiger partial charge in [0, 0.05) is 30.0 Å². The zero-order valence-electron chi connectivity index (χ0n) is 12.3. The SMILES string of the molecule is Cc1cnccc1N1CN(c2ccccc2)c2ncccc21. The van der Waals surface area contributed by atoms with E-state index in [9.17, 15) is 0 Å². The second-order valence-corrected chi connectivity index (χ2v) is 5.34. The van der Waals surface area contributed by atoms with Crippen LogP contribution in [0, 0.1) is 6.92 Å². The van der Waals surface area contributed by atoms with Crippen LogP contribution < -0.4 is 9.80 Å². The predicted octanol–water partition coefficient (Wildman–Crippen LogP) is 4.03. The first-order valence-corrected chi connectivity index (χ1v) is 7.30. The number of aryl methyl sites for hydroxylation is 1. The molecule has 4 heteroatoms. The number of pyridine rings is 2. The van der Waals surface area contributed by atoms with Crippen LogP contribution in [0.3, 0.4) is 0 Å². The van der Waals surface area contributed by atoms with Gasteiger partial charge in [-0.15, -0.1) is 0 Å². The molecular weight excluding hydrogens is 272 g/mol. The fourth-order valence-corrected chi connectivity index (χ4v) is 2.88. The number of anilines is 4. The molecule has 3 heterocycles. The van der Waals surface area contributed by atoms with Gasteiger partial charge in [0.1, 0.15) is 6.67 Å². The topological polar surface area (TPSA) is 32.3 Å². The largest absolute Gasteiger partial charge is 0.319 e. The maximum absolute atomic E-state index is 4.59.